The van der Waals surface area contributed by atoms with Gasteiger partial charge in [-0.15, -0.1) is 0 Å². The van der Waals surface area contributed by atoms with Crippen molar-refractivity contribution in [2.75, 3.05) is 7.11 Å². The molecule has 0 saturated carbocycles. The van der Waals surface area contributed by atoms with Gasteiger partial charge in [0, 0.05) is 10.9 Å². The van der Waals surface area contributed by atoms with E-state index < -0.39 is 5.66 Å². The maximum atomic E-state index is 13.6. The van der Waals surface area contributed by atoms with E-state index in [1.165, 1.54) is 22.4 Å². The van der Waals surface area contributed by atoms with Crippen LogP contribution in [0, 0.1) is 6.92 Å². The van der Waals surface area contributed by atoms with Crippen molar-refractivity contribution < 1.29 is 17.9 Å². The SMILES string of the molecule is COc1ccc(-c2nc(C)c([C@H](C)N)o2)c2ccc(C(F)(F)P)nc12. The van der Waals surface area contributed by atoms with E-state index in [9.17, 15) is 8.78 Å². The van der Waals surface area contributed by atoms with Crippen LogP contribution in [0.3, 0.4) is 0 Å². The van der Waals surface area contributed by atoms with Gasteiger partial charge in [-0.25, -0.2) is 9.97 Å². The minimum absolute atomic E-state index is 0.300. The first-order valence-corrected chi connectivity index (χ1v) is 8.18. The summed E-state index contributed by atoms with van der Waals surface area (Å²) in [7, 11) is 2.95. The van der Waals surface area contributed by atoms with E-state index in [0.29, 0.717) is 39.6 Å². The number of hydrogen-bond acceptors (Lipinski definition) is 5. The first-order chi connectivity index (χ1) is 11.7. The quantitative estimate of drug-likeness (QED) is 0.703. The number of hydrogen-bond donors (Lipinski definition) is 1. The normalized spacial score (nSPS) is 13.2. The third-order valence-electron chi connectivity index (χ3n) is 3.86. The fraction of sp³-hybridized carbons (Fsp3) is 0.294. The lowest BCUT2D eigenvalue weighted by Gasteiger charge is -2.13. The number of aromatic nitrogens is 2. The zero-order valence-corrected chi connectivity index (χ0v) is 15.2. The number of methoxy groups -OCH3 is 1. The third-order valence-corrected chi connectivity index (χ3v) is 4.15. The highest BCUT2D eigenvalue weighted by molar-refractivity contribution is 7.17. The molecule has 2 atom stereocenters. The molecule has 0 fully saturated rings. The average Bonchev–Trinajstić information content (AvgIpc) is 2.94. The fourth-order valence-corrected chi connectivity index (χ4v) is 2.84. The zero-order chi connectivity index (χ0) is 18.4. The van der Waals surface area contributed by atoms with Gasteiger partial charge in [-0.3, -0.25) is 0 Å². The summed E-state index contributed by atoms with van der Waals surface area (Å²) in [6.07, 6.45) is 0. The number of benzene rings is 1. The lowest BCUT2D eigenvalue weighted by molar-refractivity contribution is 0.0990. The Bertz CT molecular complexity index is 936. The molecule has 1 unspecified atom stereocenters. The molecule has 132 valence electrons. The van der Waals surface area contributed by atoms with Crippen LogP contribution in [0.4, 0.5) is 8.78 Å². The predicted molar refractivity (Wildman–Crippen MR) is 94.7 cm³/mol. The van der Waals surface area contributed by atoms with Crippen molar-refractivity contribution in [1.29, 1.82) is 0 Å². The molecule has 25 heavy (non-hydrogen) atoms. The van der Waals surface area contributed by atoms with Gasteiger partial charge in [-0.2, -0.15) is 8.78 Å². The average molecular weight is 365 g/mol. The van der Waals surface area contributed by atoms with Crippen LogP contribution in [0.25, 0.3) is 22.4 Å². The Kier molecular flexibility index (Phi) is 4.47. The number of fused-ring (bicyclic) bond motifs is 1. The summed E-state index contributed by atoms with van der Waals surface area (Å²) in [6.45, 7) is 3.61. The van der Waals surface area contributed by atoms with Crippen molar-refractivity contribution >= 4 is 20.1 Å². The standard InChI is InChI=1S/C17H18F2N3O2P/c1-8(20)15-9(2)21-16(24-15)11-4-6-12(23-3)14-10(11)5-7-13(22-14)17(18,19)25/h4-8H,20,25H2,1-3H3/t8-/m0/s1. The van der Waals surface area contributed by atoms with Crippen molar-refractivity contribution in [3.8, 4) is 17.2 Å². The number of oxazole rings is 1. The summed E-state index contributed by atoms with van der Waals surface area (Å²) in [5.41, 5.74) is 4.03. The Morgan fingerprint density at radius 2 is 1.96 bits per heavy atom. The summed E-state index contributed by atoms with van der Waals surface area (Å²) < 4.78 is 38.3. The van der Waals surface area contributed by atoms with Crippen LogP contribution in [0.5, 0.6) is 5.75 Å². The molecule has 8 heteroatoms. The van der Waals surface area contributed by atoms with Crippen LogP contribution >= 0.6 is 9.24 Å². The van der Waals surface area contributed by atoms with Gasteiger partial charge in [0.1, 0.15) is 22.7 Å². The Morgan fingerprint density at radius 1 is 1.24 bits per heavy atom. The molecule has 1 aromatic carbocycles. The third kappa shape index (κ3) is 3.22. The number of halogens is 2. The smallest absolute Gasteiger partial charge is 0.300 e. The summed E-state index contributed by atoms with van der Waals surface area (Å²) in [4.78, 5) is 8.49. The van der Waals surface area contributed by atoms with Crippen molar-refractivity contribution in [3.63, 3.8) is 0 Å². The van der Waals surface area contributed by atoms with Crippen LogP contribution in [0.1, 0.15) is 30.1 Å². The van der Waals surface area contributed by atoms with Gasteiger partial charge in [0.05, 0.1) is 18.8 Å². The molecule has 0 aliphatic heterocycles. The number of rotatable bonds is 4. The molecule has 3 aromatic rings. The molecule has 0 aliphatic carbocycles. The number of alkyl halides is 2. The molecule has 3 rings (SSSR count). The van der Waals surface area contributed by atoms with E-state index in [1.807, 2.05) is 6.92 Å². The second-order valence-corrected chi connectivity index (χ2v) is 6.51. The van der Waals surface area contributed by atoms with Crippen LogP contribution in [0.2, 0.25) is 0 Å². The van der Waals surface area contributed by atoms with Gasteiger partial charge in [0.15, 0.2) is 0 Å². The molecular weight excluding hydrogens is 347 g/mol. The van der Waals surface area contributed by atoms with Gasteiger partial charge in [0.2, 0.25) is 5.89 Å². The van der Waals surface area contributed by atoms with Crippen molar-refractivity contribution in [2.24, 2.45) is 5.73 Å². The van der Waals surface area contributed by atoms with Gasteiger partial charge < -0.3 is 14.9 Å². The number of aryl methyl sites for hydroxylation is 1. The van der Waals surface area contributed by atoms with Crippen LogP contribution in [0.15, 0.2) is 28.7 Å². The lowest BCUT2D eigenvalue weighted by Crippen LogP contribution is -2.06. The second kappa shape index (κ2) is 6.32. The van der Waals surface area contributed by atoms with E-state index >= 15 is 0 Å². The van der Waals surface area contributed by atoms with E-state index in [1.54, 1.807) is 25.1 Å². The van der Waals surface area contributed by atoms with Gasteiger partial charge >= 0.3 is 0 Å². The molecule has 2 heterocycles. The molecule has 2 aromatic heterocycles. The molecular formula is C17H18F2N3O2P. The second-order valence-electron chi connectivity index (χ2n) is 5.79. The Morgan fingerprint density at radius 3 is 2.52 bits per heavy atom. The van der Waals surface area contributed by atoms with E-state index in [4.69, 9.17) is 14.9 Å². The molecule has 5 nitrogen and oxygen atoms in total. The van der Waals surface area contributed by atoms with Crippen LogP contribution < -0.4 is 10.5 Å². The molecule has 2 N–H and O–H groups in total. The first kappa shape index (κ1) is 17.7. The van der Waals surface area contributed by atoms with Gasteiger partial charge in [0.25, 0.3) is 5.66 Å². The van der Waals surface area contributed by atoms with Crippen molar-refractivity contribution in [1.82, 2.24) is 9.97 Å². The highest BCUT2D eigenvalue weighted by Crippen LogP contribution is 2.38. The molecule has 0 aliphatic rings. The Balaban J connectivity index is 2.25. The monoisotopic (exact) mass is 365 g/mol. The molecule has 0 radical (unpaired) electrons. The maximum absolute atomic E-state index is 13.6. The number of nitrogens with two attached hydrogens (primary N) is 1. The van der Waals surface area contributed by atoms with Gasteiger partial charge in [-0.05, 0) is 38.1 Å². The van der Waals surface area contributed by atoms with E-state index in [2.05, 4.69) is 9.97 Å². The van der Waals surface area contributed by atoms with Crippen LogP contribution in [-0.4, -0.2) is 17.1 Å². The predicted octanol–water partition coefficient (Wildman–Crippen LogP) is 4.15. The molecule has 0 bridgehead atoms. The zero-order valence-electron chi connectivity index (χ0n) is 14.0. The van der Waals surface area contributed by atoms with Crippen molar-refractivity contribution in [3.05, 3.63) is 41.4 Å². The molecule has 0 spiro atoms. The lowest BCUT2D eigenvalue weighted by atomic mass is 10.1. The summed E-state index contributed by atoms with van der Waals surface area (Å²) >= 11 is 0. The topological polar surface area (TPSA) is 74.2 Å². The minimum atomic E-state index is -3.13. The Labute approximate surface area is 145 Å². The van der Waals surface area contributed by atoms with Crippen LogP contribution in [-0.2, 0) is 5.66 Å². The van der Waals surface area contributed by atoms with E-state index in [-0.39, 0.29) is 11.7 Å². The number of pyridine rings is 1. The summed E-state index contributed by atoms with van der Waals surface area (Å²) in [6, 6.07) is 5.96. The maximum Gasteiger partial charge on any atom is 0.300 e. The highest BCUT2D eigenvalue weighted by atomic mass is 31.0. The highest BCUT2D eigenvalue weighted by Gasteiger charge is 2.27. The summed E-state index contributed by atoms with van der Waals surface area (Å²) in [5, 5.41) is 0.606. The number of ether oxygens (including phenoxy) is 1. The minimum Gasteiger partial charge on any atom is -0.494 e. The van der Waals surface area contributed by atoms with Crippen molar-refractivity contribution in [2.45, 2.75) is 25.6 Å². The Hall–Kier alpha value is -2.11. The van der Waals surface area contributed by atoms with Gasteiger partial charge in [-0.1, -0.05) is 9.24 Å². The molecule has 0 saturated heterocycles. The number of nitrogens with zero attached hydrogens (tertiary/aromatic N) is 2. The molecule has 0 amide bonds. The largest absolute Gasteiger partial charge is 0.494 e. The summed E-state index contributed by atoms with van der Waals surface area (Å²) in [5.74, 6) is 1.34. The fourth-order valence-electron chi connectivity index (χ4n) is 2.67. The first-order valence-electron chi connectivity index (χ1n) is 7.60. The van der Waals surface area contributed by atoms with E-state index in [0.717, 1.165) is 0 Å².